The second-order valence-corrected chi connectivity index (χ2v) is 3.42. The largest absolute Gasteiger partial charge is 0.370 e. The zero-order chi connectivity index (χ0) is 8.39. The molecule has 1 fully saturated rings. The van der Waals surface area contributed by atoms with Gasteiger partial charge in [0.2, 0.25) is 0 Å². The van der Waals surface area contributed by atoms with E-state index in [9.17, 15) is 0 Å². The molecule has 12 heavy (non-hydrogen) atoms. The molecule has 3 heteroatoms. The molecule has 1 aliphatic heterocycles. The number of aromatic nitrogens is 1. The standard InChI is InChI=1S/C9H11ClN2/c10-9-4-3-8(7-11-9)12-5-1-2-6-12/h3-4,7H,1-2,5-6H2. The Labute approximate surface area is 77.2 Å². The third kappa shape index (κ3) is 1.53. The number of nitrogens with zero attached hydrogens (tertiary/aromatic N) is 2. The van der Waals surface area contributed by atoms with E-state index in [1.807, 2.05) is 18.3 Å². The van der Waals surface area contributed by atoms with Gasteiger partial charge in [-0.1, -0.05) is 11.6 Å². The fraction of sp³-hybridized carbons (Fsp3) is 0.444. The topological polar surface area (TPSA) is 16.1 Å². The maximum Gasteiger partial charge on any atom is 0.129 e. The zero-order valence-corrected chi connectivity index (χ0v) is 7.59. The van der Waals surface area contributed by atoms with Crippen LogP contribution in [-0.2, 0) is 0 Å². The van der Waals surface area contributed by atoms with E-state index < -0.39 is 0 Å². The summed E-state index contributed by atoms with van der Waals surface area (Å²) in [4.78, 5) is 6.38. The second kappa shape index (κ2) is 3.31. The van der Waals surface area contributed by atoms with Crippen LogP contribution in [0.25, 0.3) is 0 Å². The molecule has 0 aliphatic carbocycles. The smallest absolute Gasteiger partial charge is 0.129 e. The number of pyridine rings is 1. The maximum atomic E-state index is 5.69. The van der Waals surface area contributed by atoms with E-state index in [0.29, 0.717) is 5.15 Å². The van der Waals surface area contributed by atoms with Gasteiger partial charge in [-0.3, -0.25) is 0 Å². The summed E-state index contributed by atoms with van der Waals surface area (Å²) in [5.74, 6) is 0. The molecule has 0 saturated carbocycles. The van der Waals surface area contributed by atoms with E-state index >= 15 is 0 Å². The van der Waals surface area contributed by atoms with E-state index in [1.54, 1.807) is 0 Å². The molecule has 2 nitrogen and oxygen atoms in total. The van der Waals surface area contributed by atoms with Crippen molar-refractivity contribution in [3.8, 4) is 0 Å². The molecule has 0 unspecified atom stereocenters. The van der Waals surface area contributed by atoms with Crippen molar-refractivity contribution in [3.63, 3.8) is 0 Å². The highest BCUT2D eigenvalue weighted by molar-refractivity contribution is 6.29. The van der Waals surface area contributed by atoms with Gasteiger partial charge in [0.25, 0.3) is 0 Å². The molecule has 0 radical (unpaired) electrons. The van der Waals surface area contributed by atoms with Crippen molar-refractivity contribution >= 4 is 17.3 Å². The van der Waals surface area contributed by atoms with Crippen LogP contribution in [0.1, 0.15) is 12.8 Å². The molecule has 1 aliphatic rings. The number of hydrogen-bond donors (Lipinski definition) is 0. The summed E-state index contributed by atoms with van der Waals surface area (Å²) in [6, 6.07) is 3.87. The van der Waals surface area contributed by atoms with Gasteiger partial charge in [0.15, 0.2) is 0 Å². The molecule has 0 spiro atoms. The lowest BCUT2D eigenvalue weighted by Gasteiger charge is -2.16. The number of halogens is 1. The molecule has 0 N–H and O–H groups in total. The quantitative estimate of drug-likeness (QED) is 0.620. The lowest BCUT2D eigenvalue weighted by Crippen LogP contribution is -2.17. The predicted octanol–water partition coefficient (Wildman–Crippen LogP) is 2.34. The molecule has 0 aromatic carbocycles. The minimum Gasteiger partial charge on any atom is -0.370 e. The van der Waals surface area contributed by atoms with Crippen LogP contribution >= 0.6 is 11.6 Å². The first-order valence-electron chi connectivity index (χ1n) is 4.23. The van der Waals surface area contributed by atoms with E-state index in [-0.39, 0.29) is 0 Å². The normalized spacial score (nSPS) is 16.9. The fourth-order valence-corrected chi connectivity index (χ4v) is 1.64. The Bertz CT molecular complexity index is 252. The fourth-order valence-electron chi connectivity index (χ4n) is 1.53. The molecule has 2 heterocycles. The summed E-state index contributed by atoms with van der Waals surface area (Å²) in [5.41, 5.74) is 1.19. The highest BCUT2D eigenvalue weighted by atomic mass is 35.5. The SMILES string of the molecule is Clc1ccc(N2CCCC2)cn1. The first-order valence-corrected chi connectivity index (χ1v) is 4.60. The minimum absolute atomic E-state index is 0.568. The monoisotopic (exact) mass is 182 g/mol. The van der Waals surface area contributed by atoms with E-state index in [1.165, 1.54) is 18.5 Å². The van der Waals surface area contributed by atoms with Gasteiger partial charge in [-0.05, 0) is 25.0 Å². The maximum absolute atomic E-state index is 5.69. The molecule has 0 atom stereocenters. The Morgan fingerprint density at radius 1 is 1.25 bits per heavy atom. The highest BCUT2D eigenvalue weighted by Crippen LogP contribution is 2.19. The van der Waals surface area contributed by atoms with Crippen molar-refractivity contribution in [1.82, 2.24) is 4.98 Å². The summed E-state index contributed by atoms with van der Waals surface area (Å²) < 4.78 is 0. The van der Waals surface area contributed by atoms with Crippen LogP contribution in [-0.4, -0.2) is 18.1 Å². The third-order valence-corrected chi connectivity index (χ3v) is 2.41. The van der Waals surface area contributed by atoms with Crippen LogP contribution in [0.2, 0.25) is 5.15 Å². The van der Waals surface area contributed by atoms with Crippen LogP contribution in [0.4, 0.5) is 5.69 Å². The molecular formula is C9H11ClN2. The molecule has 1 aromatic rings. The van der Waals surface area contributed by atoms with Crippen LogP contribution in [0, 0.1) is 0 Å². The first kappa shape index (κ1) is 7.87. The van der Waals surface area contributed by atoms with Crippen molar-refractivity contribution in [2.45, 2.75) is 12.8 Å². The summed E-state index contributed by atoms with van der Waals surface area (Å²) in [6.07, 6.45) is 4.43. The molecule has 0 bridgehead atoms. The van der Waals surface area contributed by atoms with Gasteiger partial charge >= 0.3 is 0 Å². The second-order valence-electron chi connectivity index (χ2n) is 3.03. The molecule has 0 amide bonds. The summed E-state index contributed by atoms with van der Waals surface area (Å²) >= 11 is 5.69. The van der Waals surface area contributed by atoms with E-state index in [4.69, 9.17) is 11.6 Å². The van der Waals surface area contributed by atoms with Crippen molar-refractivity contribution in [2.75, 3.05) is 18.0 Å². The number of rotatable bonds is 1. The Morgan fingerprint density at radius 2 is 2.00 bits per heavy atom. The van der Waals surface area contributed by atoms with E-state index in [2.05, 4.69) is 9.88 Å². The van der Waals surface area contributed by atoms with Gasteiger partial charge in [0, 0.05) is 13.1 Å². The Morgan fingerprint density at radius 3 is 2.58 bits per heavy atom. The van der Waals surface area contributed by atoms with Crippen LogP contribution in [0.5, 0.6) is 0 Å². The average molecular weight is 183 g/mol. The molecule has 64 valence electrons. The van der Waals surface area contributed by atoms with Gasteiger partial charge in [0.1, 0.15) is 5.15 Å². The first-order chi connectivity index (χ1) is 5.86. The molecular weight excluding hydrogens is 172 g/mol. The Hall–Kier alpha value is -0.760. The van der Waals surface area contributed by atoms with Crippen molar-refractivity contribution in [3.05, 3.63) is 23.5 Å². The van der Waals surface area contributed by atoms with Crippen LogP contribution in [0.3, 0.4) is 0 Å². The van der Waals surface area contributed by atoms with Gasteiger partial charge in [-0.25, -0.2) is 4.98 Å². The van der Waals surface area contributed by atoms with Crippen molar-refractivity contribution in [2.24, 2.45) is 0 Å². The van der Waals surface area contributed by atoms with Crippen LogP contribution in [0.15, 0.2) is 18.3 Å². The molecule has 1 aromatic heterocycles. The number of anilines is 1. The van der Waals surface area contributed by atoms with E-state index in [0.717, 1.165) is 13.1 Å². The third-order valence-electron chi connectivity index (χ3n) is 2.18. The average Bonchev–Trinajstić information content (AvgIpc) is 2.58. The minimum atomic E-state index is 0.568. The molecule has 2 rings (SSSR count). The van der Waals surface area contributed by atoms with Gasteiger partial charge in [-0.15, -0.1) is 0 Å². The van der Waals surface area contributed by atoms with Gasteiger partial charge < -0.3 is 4.90 Å². The lowest BCUT2D eigenvalue weighted by molar-refractivity contribution is 0.949. The molecule has 1 saturated heterocycles. The summed E-state index contributed by atoms with van der Waals surface area (Å²) in [5, 5.41) is 0.568. The Balaban J connectivity index is 2.17. The van der Waals surface area contributed by atoms with Gasteiger partial charge in [-0.2, -0.15) is 0 Å². The van der Waals surface area contributed by atoms with Gasteiger partial charge in [0.05, 0.1) is 11.9 Å². The summed E-state index contributed by atoms with van der Waals surface area (Å²) in [6.45, 7) is 2.31. The lowest BCUT2D eigenvalue weighted by atomic mass is 10.4. The van der Waals surface area contributed by atoms with Crippen LogP contribution < -0.4 is 4.90 Å². The summed E-state index contributed by atoms with van der Waals surface area (Å²) in [7, 11) is 0. The Kier molecular flexibility index (Phi) is 2.17. The number of hydrogen-bond acceptors (Lipinski definition) is 2. The van der Waals surface area contributed by atoms with Crippen molar-refractivity contribution < 1.29 is 0 Å². The highest BCUT2D eigenvalue weighted by Gasteiger charge is 2.11. The van der Waals surface area contributed by atoms with Crippen molar-refractivity contribution in [1.29, 1.82) is 0 Å². The zero-order valence-electron chi connectivity index (χ0n) is 6.83. The predicted molar refractivity (Wildman–Crippen MR) is 50.7 cm³/mol.